The normalized spacial score (nSPS) is 30.2. The maximum absolute atomic E-state index is 3.82. The van der Waals surface area contributed by atoms with E-state index >= 15 is 0 Å². The topological polar surface area (TPSA) is 18.5 Å². The molecule has 3 heteroatoms. The third-order valence-corrected chi connectivity index (χ3v) is 5.71. The average molecular weight is 265 g/mol. The molecule has 0 unspecified atom stereocenters. The molecule has 1 saturated carbocycles. The van der Waals surface area contributed by atoms with Crippen LogP contribution < -0.4 is 5.32 Å². The molecule has 0 aromatic carbocycles. The summed E-state index contributed by atoms with van der Waals surface area (Å²) in [6.07, 6.45) is 9.99. The zero-order chi connectivity index (χ0) is 13.1. The Balaban J connectivity index is 1.42. The standard InChI is InChI=1S/C16H31N3/c1-18-10-4-15(5-11-18)6-12-19-13-9-17-16(14-19)7-2-3-8-16/h15,17H,2-14H2,1H3. The summed E-state index contributed by atoms with van der Waals surface area (Å²) < 4.78 is 0. The molecule has 3 aliphatic rings. The first-order valence-corrected chi connectivity index (χ1v) is 8.42. The third kappa shape index (κ3) is 3.50. The zero-order valence-electron chi connectivity index (χ0n) is 12.7. The summed E-state index contributed by atoms with van der Waals surface area (Å²) in [5.74, 6) is 0.991. The molecule has 1 spiro atoms. The van der Waals surface area contributed by atoms with Crippen molar-refractivity contribution in [2.75, 3.05) is 46.3 Å². The summed E-state index contributed by atoms with van der Waals surface area (Å²) >= 11 is 0. The molecule has 110 valence electrons. The van der Waals surface area contributed by atoms with Gasteiger partial charge in [-0.1, -0.05) is 12.8 Å². The molecule has 1 aliphatic carbocycles. The van der Waals surface area contributed by atoms with Gasteiger partial charge in [-0.25, -0.2) is 0 Å². The van der Waals surface area contributed by atoms with Crippen LogP contribution in [0.5, 0.6) is 0 Å². The van der Waals surface area contributed by atoms with Crippen molar-refractivity contribution in [1.82, 2.24) is 15.1 Å². The smallest absolute Gasteiger partial charge is 0.0309 e. The number of rotatable bonds is 3. The number of piperidine rings is 1. The lowest BCUT2D eigenvalue weighted by Crippen LogP contribution is -2.59. The van der Waals surface area contributed by atoms with Gasteiger partial charge in [-0.15, -0.1) is 0 Å². The van der Waals surface area contributed by atoms with E-state index in [0.29, 0.717) is 5.54 Å². The largest absolute Gasteiger partial charge is 0.309 e. The molecule has 2 heterocycles. The van der Waals surface area contributed by atoms with Gasteiger partial charge in [0.15, 0.2) is 0 Å². The monoisotopic (exact) mass is 265 g/mol. The van der Waals surface area contributed by atoms with Crippen LogP contribution in [0.2, 0.25) is 0 Å². The van der Waals surface area contributed by atoms with Crippen LogP contribution in [-0.2, 0) is 0 Å². The van der Waals surface area contributed by atoms with Gasteiger partial charge in [0.05, 0.1) is 0 Å². The van der Waals surface area contributed by atoms with Gasteiger partial charge in [0, 0.05) is 25.2 Å². The second-order valence-electron chi connectivity index (χ2n) is 7.23. The minimum absolute atomic E-state index is 0.505. The lowest BCUT2D eigenvalue weighted by molar-refractivity contribution is 0.119. The van der Waals surface area contributed by atoms with Crippen LogP contribution in [0.25, 0.3) is 0 Å². The van der Waals surface area contributed by atoms with Crippen LogP contribution in [0.3, 0.4) is 0 Å². The van der Waals surface area contributed by atoms with Gasteiger partial charge in [0.25, 0.3) is 0 Å². The lowest BCUT2D eigenvalue weighted by Gasteiger charge is -2.42. The molecule has 0 amide bonds. The number of hydrogen-bond acceptors (Lipinski definition) is 3. The number of piperazine rings is 1. The first kappa shape index (κ1) is 13.8. The van der Waals surface area contributed by atoms with Crippen LogP contribution in [-0.4, -0.2) is 61.7 Å². The number of hydrogen-bond donors (Lipinski definition) is 1. The highest BCUT2D eigenvalue weighted by molar-refractivity contribution is 4.98. The fraction of sp³-hybridized carbons (Fsp3) is 1.00. The summed E-state index contributed by atoms with van der Waals surface area (Å²) in [4.78, 5) is 5.23. The van der Waals surface area contributed by atoms with Gasteiger partial charge in [-0.2, -0.15) is 0 Å². The van der Waals surface area contributed by atoms with Crippen molar-refractivity contribution in [3.63, 3.8) is 0 Å². The van der Waals surface area contributed by atoms with Crippen molar-refractivity contribution in [1.29, 1.82) is 0 Å². The molecule has 2 saturated heterocycles. The fourth-order valence-corrected chi connectivity index (χ4v) is 4.34. The third-order valence-electron chi connectivity index (χ3n) is 5.71. The van der Waals surface area contributed by atoms with Crippen molar-refractivity contribution in [3.05, 3.63) is 0 Å². The molecule has 1 N–H and O–H groups in total. The molecule has 0 atom stereocenters. The van der Waals surface area contributed by atoms with Gasteiger partial charge in [-0.3, -0.25) is 0 Å². The number of nitrogens with one attached hydrogen (secondary N) is 1. The van der Waals surface area contributed by atoms with Crippen molar-refractivity contribution in [3.8, 4) is 0 Å². The van der Waals surface area contributed by atoms with E-state index in [9.17, 15) is 0 Å². The molecule has 19 heavy (non-hydrogen) atoms. The minimum Gasteiger partial charge on any atom is -0.309 e. The molecule has 2 aliphatic heterocycles. The zero-order valence-corrected chi connectivity index (χ0v) is 12.7. The Hall–Kier alpha value is -0.120. The molecule has 0 aromatic heterocycles. The number of likely N-dealkylation sites (tertiary alicyclic amines) is 1. The van der Waals surface area contributed by atoms with Gasteiger partial charge < -0.3 is 15.1 Å². The minimum atomic E-state index is 0.505. The van der Waals surface area contributed by atoms with Crippen molar-refractivity contribution in [2.45, 2.75) is 50.5 Å². The SMILES string of the molecule is CN1CCC(CCN2CCNC3(CCCC3)C2)CC1. The summed E-state index contributed by atoms with van der Waals surface area (Å²) in [5, 5.41) is 3.82. The second-order valence-corrected chi connectivity index (χ2v) is 7.23. The quantitative estimate of drug-likeness (QED) is 0.841. The van der Waals surface area contributed by atoms with Gasteiger partial charge >= 0.3 is 0 Å². The number of nitrogens with zero attached hydrogens (tertiary/aromatic N) is 2. The molecular formula is C16H31N3. The molecule has 3 nitrogen and oxygen atoms in total. The summed E-state index contributed by atoms with van der Waals surface area (Å²) in [6, 6.07) is 0. The van der Waals surface area contributed by atoms with E-state index in [1.807, 2.05) is 0 Å². The summed E-state index contributed by atoms with van der Waals surface area (Å²) in [6.45, 7) is 7.78. The van der Waals surface area contributed by atoms with Gasteiger partial charge in [0.2, 0.25) is 0 Å². The van der Waals surface area contributed by atoms with Crippen LogP contribution in [0.1, 0.15) is 44.9 Å². The fourth-order valence-electron chi connectivity index (χ4n) is 4.34. The van der Waals surface area contributed by atoms with E-state index in [-0.39, 0.29) is 0 Å². The van der Waals surface area contributed by atoms with E-state index in [1.165, 1.54) is 84.2 Å². The predicted molar refractivity (Wildman–Crippen MR) is 80.5 cm³/mol. The Labute approximate surface area is 118 Å². The lowest BCUT2D eigenvalue weighted by atomic mass is 9.91. The van der Waals surface area contributed by atoms with Crippen LogP contribution >= 0.6 is 0 Å². The predicted octanol–water partition coefficient (Wildman–Crippen LogP) is 1.94. The Morgan fingerprint density at radius 3 is 2.58 bits per heavy atom. The highest BCUT2D eigenvalue weighted by Gasteiger charge is 2.37. The molecule has 0 radical (unpaired) electrons. The maximum atomic E-state index is 3.82. The molecule has 0 aromatic rings. The van der Waals surface area contributed by atoms with Gasteiger partial charge in [-0.05, 0) is 64.7 Å². The first-order chi connectivity index (χ1) is 9.26. The average Bonchev–Trinajstić information content (AvgIpc) is 2.86. The Kier molecular flexibility index (Phi) is 4.45. The second kappa shape index (κ2) is 6.11. The Bertz CT molecular complexity index is 278. The maximum Gasteiger partial charge on any atom is 0.0309 e. The summed E-state index contributed by atoms with van der Waals surface area (Å²) in [5.41, 5.74) is 0.505. The Morgan fingerprint density at radius 1 is 1.11 bits per heavy atom. The molecule has 3 rings (SSSR count). The van der Waals surface area contributed by atoms with Crippen molar-refractivity contribution < 1.29 is 0 Å². The van der Waals surface area contributed by atoms with E-state index < -0.39 is 0 Å². The van der Waals surface area contributed by atoms with E-state index in [4.69, 9.17) is 0 Å². The van der Waals surface area contributed by atoms with Crippen LogP contribution in [0.15, 0.2) is 0 Å². The van der Waals surface area contributed by atoms with Crippen molar-refractivity contribution in [2.24, 2.45) is 5.92 Å². The highest BCUT2D eigenvalue weighted by atomic mass is 15.2. The van der Waals surface area contributed by atoms with Crippen LogP contribution in [0, 0.1) is 5.92 Å². The summed E-state index contributed by atoms with van der Waals surface area (Å²) in [7, 11) is 2.26. The highest BCUT2D eigenvalue weighted by Crippen LogP contribution is 2.32. The Morgan fingerprint density at radius 2 is 1.84 bits per heavy atom. The molecular weight excluding hydrogens is 234 g/mol. The first-order valence-electron chi connectivity index (χ1n) is 8.42. The molecule has 3 fully saturated rings. The van der Waals surface area contributed by atoms with Crippen molar-refractivity contribution >= 4 is 0 Å². The molecule has 0 bridgehead atoms. The van der Waals surface area contributed by atoms with E-state index in [1.54, 1.807) is 0 Å². The van der Waals surface area contributed by atoms with Gasteiger partial charge in [0.1, 0.15) is 0 Å². The van der Waals surface area contributed by atoms with E-state index in [0.717, 1.165) is 5.92 Å². The van der Waals surface area contributed by atoms with Crippen LogP contribution in [0.4, 0.5) is 0 Å². The van der Waals surface area contributed by atoms with E-state index in [2.05, 4.69) is 22.2 Å².